The van der Waals surface area contributed by atoms with Gasteiger partial charge in [-0.05, 0) is 33.6 Å². The van der Waals surface area contributed by atoms with Gasteiger partial charge in [0.1, 0.15) is 12.2 Å². The maximum absolute atomic E-state index is 12.8. The van der Waals surface area contributed by atoms with Crippen molar-refractivity contribution >= 4 is 17.9 Å². The van der Waals surface area contributed by atoms with Crippen LogP contribution in [0.2, 0.25) is 0 Å². The molecular weight excluding hydrogens is 428 g/mol. The molecule has 1 saturated heterocycles. The van der Waals surface area contributed by atoms with E-state index >= 15 is 0 Å². The highest BCUT2D eigenvalue weighted by molar-refractivity contribution is 5.91. The fourth-order valence-electron chi connectivity index (χ4n) is 5.88. The van der Waals surface area contributed by atoms with Gasteiger partial charge in [-0.15, -0.1) is 0 Å². The van der Waals surface area contributed by atoms with Gasteiger partial charge in [0.05, 0.1) is 23.5 Å². The molecule has 0 spiro atoms. The molecule has 0 radical (unpaired) electrons. The molecule has 0 aromatic heterocycles. The lowest BCUT2D eigenvalue weighted by Gasteiger charge is -2.69. The summed E-state index contributed by atoms with van der Waals surface area (Å²) in [5.74, 6) is -3.26. The summed E-state index contributed by atoms with van der Waals surface area (Å²) in [6, 6.07) is 0. The zero-order chi connectivity index (χ0) is 25.1. The third-order valence-electron chi connectivity index (χ3n) is 8.58. The smallest absolute Gasteiger partial charge is 0.334 e. The maximum Gasteiger partial charge on any atom is 0.334 e. The standard InChI is InChI=1S/C25H36O8/c1-9-13(4)21(28)31-17-16-14(5)22(29)33-19(17)24(7)15(26)10-11-23(6,30)25(24,8)18(16)32-20(27)12(2)3/h9,12,15-19,26,30H,5,10-11H2,1-4,6-8H3/t15-,16+,17-,18-,19-,23-,24-,25+/m0/s1. The summed E-state index contributed by atoms with van der Waals surface area (Å²) in [5, 5.41) is 22.9. The van der Waals surface area contributed by atoms with E-state index in [9.17, 15) is 24.6 Å². The van der Waals surface area contributed by atoms with E-state index in [1.165, 1.54) is 0 Å². The van der Waals surface area contributed by atoms with Gasteiger partial charge in [0.25, 0.3) is 0 Å². The maximum atomic E-state index is 12.8. The van der Waals surface area contributed by atoms with Crippen molar-refractivity contribution in [2.75, 3.05) is 0 Å². The van der Waals surface area contributed by atoms with Gasteiger partial charge in [-0.25, -0.2) is 9.59 Å². The van der Waals surface area contributed by atoms with Crippen molar-refractivity contribution in [2.45, 2.75) is 91.3 Å². The molecule has 2 aliphatic carbocycles. The van der Waals surface area contributed by atoms with Gasteiger partial charge in [0.2, 0.25) is 0 Å². The SMILES string of the molecule is C=C1C(=O)O[C@H]2[C@@H](OC(=O)C(C)=CC)[C@@H]1[C@H](OC(=O)C(C)C)[C@@]1(C)[C@@]2(C)[C@@H](O)CC[C@]1(C)O. The molecule has 33 heavy (non-hydrogen) atoms. The molecule has 3 aliphatic rings. The third kappa shape index (κ3) is 3.44. The van der Waals surface area contributed by atoms with Crippen LogP contribution in [0.1, 0.15) is 61.3 Å². The molecular formula is C25H36O8. The summed E-state index contributed by atoms with van der Waals surface area (Å²) < 4.78 is 17.6. The molecule has 3 rings (SSSR count). The van der Waals surface area contributed by atoms with Crippen LogP contribution in [0.25, 0.3) is 0 Å². The van der Waals surface area contributed by atoms with Crippen LogP contribution in [0.5, 0.6) is 0 Å². The first kappa shape index (κ1) is 25.4. The third-order valence-corrected chi connectivity index (χ3v) is 8.58. The van der Waals surface area contributed by atoms with Gasteiger partial charge in [-0.3, -0.25) is 4.79 Å². The number of ether oxygens (including phenoxy) is 3. The molecule has 3 fully saturated rings. The van der Waals surface area contributed by atoms with Crippen molar-refractivity contribution in [1.29, 1.82) is 0 Å². The highest BCUT2D eigenvalue weighted by Crippen LogP contribution is 2.67. The van der Waals surface area contributed by atoms with Crippen LogP contribution in [0.15, 0.2) is 23.8 Å². The Bertz CT molecular complexity index is 902. The second kappa shape index (κ2) is 8.24. The molecule has 0 aromatic rings. The molecule has 2 bridgehead atoms. The summed E-state index contributed by atoms with van der Waals surface area (Å²) >= 11 is 0. The van der Waals surface area contributed by atoms with Crippen molar-refractivity contribution in [1.82, 2.24) is 0 Å². The summed E-state index contributed by atoms with van der Waals surface area (Å²) in [6.45, 7) is 15.6. The summed E-state index contributed by atoms with van der Waals surface area (Å²) in [5.41, 5.74) is -3.58. The molecule has 0 unspecified atom stereocenters. The average molecular weight is 465 g/mol. The van der Waals surface area contributed by atoms with Gasteiger partial charge in [0, 0.05) is 22.0 Å². The minimum Gasteiger partial charge on any atom is -0.461 e. The van der Waals surface area contributed by atoms with Crippen LogP contribution in [0.4, 0.5) is 0 Å². The van der Waals surface area contributed by atoms with E-state index in [2.05, 4.69) is 6.58 Å². The zero-order valence-corrected chi connectivity index (χ0v) is 20.5. The molecule has 1 heterocycles. The van der Waals surface area contributed by atoms with E-state index in [1.807, 2.05) is 0 Å². The highest BCUT2D eigenvalue weighted by Gasteiger charge is 2.77. The van der Waals surface area contributed by atoms with Crippen molar-refractivity contribution < 1.29 is 38.8 Å². The minimum absolute atomic E-state index is 0.00266. The van der Waals surface area contributed by atoms with Crippen LogP contribution in [-0.2, 0) is 28.6 Å². The Balaban J connectivity index is 2.27. The normalized spacial score (nSPS) is 43.0. The van der Waals surface area contributed by atoms with Gasteiger partial charge in [-0.2, -0.15) is 0 Å². The van der Waals surface area contributed by atoms with E-state index in [4.69, 9.17) is 14.2 Å². The summed E-state index contributed by atoms with van der Waals surface area (Å²) in [6.07, 6.45) is -2.15. The molecule has 8 atom stereocenters. The minimum atomic E-state index is -1.39. The van der Waals surface area contributed by atoms with E-state index in [-0.39, 0.29) is 18.4 Å². The average Bonchev–Trinajstić information content (AvgIpc) is 2.74. The lowest BCUT2D eigenvalue weighted by Crippen LogP contribution is -2.80. The van der Waals surface area contributed by atoms with Crippen LogP contribution in [0, 0.1) is 22.7 Å². The Morgan fingerprint density at radius 3 is 2.39 bits per heavy atom. The molecule has 2 saturated carbocycles. The number of fused-ring (bicyclic) bond motifs is 4. The van der Waals surface area contributed by atoms with Crippen molar-refractivity contribution in [3.8, 4) is 0 Å². The molecule has 184 valence electrons. The van der Waals surface area contributed by atoms with Crippen LogP contribution in [-0.4, -0.2) is 58.1 Å². The monoisotopic (exact) mass is 464 g/mol. The largest absolute Gasteiger partial charge is 0.461 e. The van der Waals surface area contributed by atoms with E-state index in [1.54, 1.807) is 54.5 Å². The Labute approximate surface area is 195 Å². The first-order valence-corrected chi connectivity index (χ1v) is 11.5. The number of aliphatic hydroxyl groups is 2. The quantitative estimate of drug-likeness (QED) is 0.370. The first-order chi connectivity index (χ1) is 15.1. The Kier molecular flexibility index (Phi) is 6.35. The summed E-state index contributed by atoms with van der Waals surface area (Å²) in [4.78, 5) is 38.4. The predicted octanol–water partition coefficient (Wildman–Crippen LogP) is 2.46. The lowest BCUT2D eigenvalue weighted by atomic mass is 9.40. The second-order valence-electron chi connectivity index (χ2n) is 10.5. The van der Waals surface area contributed by atoms with Crippen LogP contribution in [0.3, 0.4) is 0 Å². The number of carbonyl (C=O) groups excluding carboxylic acids is 3. The Morgan fingerprint density at radius 2 is 1.85 bits per heavy atom. The summed E-state index contributed by atoms with van der Waals surface area (Å²) in [7, 11) is 0. The molecule has 2 N–H and O–H groups in total. The van der Waals surface area contributed by atoms with E-state index in [0.717, 1.165) is 0 Å². The van der Waals surface area contributed by atoms with Crippen LogP contribution < -0.4 is 0 Å². The molecule has 8 heteroatoms. The highest BCUT2D eigenvalue weighted by atomic mass is 16.6. The predicted molar refractivity (Wildman–Crippen MR) is 119 cm³/mol. The van der Waals surface area contributed by atoms with Gasteiger partial charge in [-0.1, -0.05) is 40.3 Å². The van der Waals surface area contributed by atoms with Crippen LogP contribution >= 0.6 is 0 Å². The molecule has 0 amide bonds. The molecule has 8 nitrogen and oxygen atoms in total. The zero-order valence-electron chi connectivity index (χ0n) is 20.5. The Morgan fingerprint density at radius 1 is 1.24 bits per heavy atom. The number of rotatable bonds is 4. The fourth-order valence-corrected chi connectivity index (χ4v) is 5.88. The first-order valence-electron chi connectivity index (χ1n) is 11.5. The lowest BCUT2D eigenvalue weighted by molar-refractivity contribution is -0.332. The number of hydrogen-bond donors (Lipinski definition) is 2. The van der Waals surface area contributed by atoms with Gasteiger partial charge < -0.3 is 24.4 Å². The molecule has 0 aromatic carbocycles. The number of aliphatic hydroxyl groups excluding tert-OH is 1. The fraction of sp³-hybridized carbons (Fsp3) is 0.720. The van der Waals surface area contributed by atoms with Crippen molar-refractivity contribution in [3.63, 3.8) is 0 Å². The Hall–Kier alpha value is -2.19. The van der Waals surface area contributed by atoms with Crippen molar-refractivity contribution in [2.24, 2.45) is 22.7 Å². The van der Waals surface area contributed by atoms with Crippen molar-refractivity contribution in [3.05, 3.63) is 23.8 Å². The number of carbonyl (C=O) groups is 3. The van der Waals surface area contributed by atoms with E-state index in [0.29, 0.717) is 5.57 Å². The van der Waals surface area contributed by atoms with Gasteiger partial charge in [0.15, 0.2) is 6.10 Å². The number of allylic oxidation sites excluding steroid dienone is 1. The number of esters is 3. The number of hydrogen-bond acceptors (Lipinski definition) is 8. The second-order valence-corrected chi connectivity index (χ2v) is 10.5. The topological polar surface area (TPSA) is 119 Å². The molecule has 1 aliphatic heterocycles. The van der Waals surface area contributed by atoms with Gasteiger partial charge >= 0.3 is 17.9 Å². The van der Waals surface area contributed by atoms with E-state index < -0.39 is 70.6 Å².